The van der Waals surface area contributed by atoms with Gasteiger partial charge in [0.1, 0.15) is 0 Å². The van der Waals surface area contributed by atoms with Crippen molar-refractivity contribution in [2.75, 3.05) is 34.2 Å². The Hall–Kier alpha value is -1.10. The first kappa shape index (κ1) is 16.9. The maximum atomic E-state index is 11.9. The fraction of sp³-hybridized carbons (Fsp3) is 0.846. The minimum atomic E-state index is -0.421. The van der Waals surface area contributed by atoms with Crippen LogP contribution in [0, 0.1) is 5.92 Å². The average molecular weight is 257 g/mol. The summed E-state index contributed by atoms with van der Waals surface area (Å²) in [5.41, 5.74) is 5.08. The largest absolute Gasteiger partial charge is 0.370 e. The first-order chi connectivity index (χ1) is 8.34. The van der Waals surface area contributed by atoms with E-state index in [2.05, 4.69) is 19.0 Å². The number of hydrogen-bond acceptors (Lipinski definition) is 3. The molecule has 0 heterocycles. The van der Waals surface area contributed by atoms with Gasteiger partial charge in [0.25, 0.3) is 0 Å². The molecule has 0 aliphatic rings. The SMILES string of the molecule is C[C@H](CC(N)=O)C(=O)N(C)CCCCCN(C)C. The Balaban J connectivity index is 3.77. The summed E-state index contributed by atoms with van der Waals surface area (Å²) in [5.74, 6) is -0.731. The van der Waals surface area contributed by atoms with Crippen LogP contribution in [0.1, 0.15) is 32.6 Å². The number of rotatable bonds is 9. The van der Waals surface area contributed by atoms with E-state index in [-0.39, 0.29) is 18.2 Å². The number of nitrogens with two attached hydrogens (primary N) is 1. The first-order valence-corrected chi connectivity index (χ1v) is 6.52. The van der Waals surface area contributed by atoms with Crippen molar-refractivity contribution in [2.45, 2.75) is 32.6 Å². The molecule has 0 radical (unpaired) electrons. The van der Waals surface area contributed by atoms with Crippen LogP contribution in [0.4, 0.5) is 0 Å². The minimum Gasteiger partial charge on any atom is -0.370 e. The van der Waals surface area contributed by atoms with Crippen molar-refractivity contribution >= 4 is 11.8 Å². The zero-order valence-electron chi connectivity index (χ0n) is 12.1. The summed E-state index contributed by atoms with van der Waals surface area (Å²) in [5, 5.41) is 0. The second-order valence-electron chi connectivity index (χ2n) is 5.20. The van der Waals surface area contributed by atoms with Gasteiger partial charge >= 0.3 is 0 Å². The molecule has 0 saturated carbocycles. The number of hydrogen-bond donors (Lipinski definition) is 1. The molecule has 1 atom stereocenters. The molecule has 0 fully saturated rings. The molecule has 0 aliphatic carbocycles. The van der Waals surface area contributed by atoms with E-state index in [1.807, 2.05) is 0 Å². The van der Waals surface area contributed by atoms with Gasteiger partial charge in [-0.05, 0) is 33.5 Å². The van der Waals surface area contributed by atoms with Crippen molar-refractivity contribution in [3.63, 3.8) is 0 Å². The number of primary amides is 1. The molecule has 0 aromatic carbocycles. The molecule has 0 rings (SSSR count). The Kier molecular flexibility index (Phi) is 8.37. The minimum absolute atomic E-state index is 0.00131. The quantitative estimate of drug-likeness (QED) is 0.618. The van der Waals surface area contributed by atoms with E-state index in [0.717, 1.165) is 32.4 Å². The van der Waals surface area contributed by atoms with Crippen LogP contribution in [0.3, 0.4) is 0 Å². The standard InChI is InChI=1S/C13H27N3O2/c1-11(10-12(14)17)13(18)16(4)9-7-5-6-8-15(2)3/h11H,5-10H2,1-4H3,(H2,14,17)/t11-/m1/s1. The zero-order chi connectivity index (χ0) is 14.1. The third-order valence-electron chi connectivity index (χ3n) is 2.90. The molecular weight excluding hydrogens is 230 g/mol. The van der Waals surface area contributed by atoms with E-state index in [4.69, 9.17) is 5.73 Å². The van der Waals surface area contributed by atoms with Crippen LogP contribution in [-0.4, -0.2) is 55.8 Å². The lowest BCUT2D eigenvalue weighted by atomic mass is 10.1. The molecule has 0 aromatic heterocycles. The summed E-state index contributed by atoms with van der Waals surface area (Å²) < 4.78 is 0. The van der Waals surface area contributed by atoms with Crippen LogP contribution < -0.4 is 5.73 Å². The first-order valence-electron chi connectivity index (χ1n) is 6.52. The molecule has 0 unspecified atom stereocenters. The van der Waals surface area contributed by atoms with Gasteiger partial charge in [-0.25, -0.2) is 0 Å². The van der Waals surface area contributed by atoms with Crippen molar-refractivity contribution < 1.29 is 9.59 Å². The van der Waals surface area contributed by atoms with Crippen LogP contribution in [0.25, 0.3) is 0 Å². The maximum absolute atomic E-state index is 11.9. The van der Waals surface area contributed by atoms with Crippen LogP contribution in [0.2, 0.25) is 0 Å². The van der Waals surface area contributed by atoms with Gasteiger partial charge in [0, 0.05) is 25.9 Å². The van der Waals surface area contributed by atoms with Crippen molar-refractivity contribution in [3.8, 4) is 0 Å². The van der Waals surface area contributed by atoms with Crippen LogP contribution in [0.15, 0.2) is 0 Å². The molecule has 5 nitrogen and oxygen atoms in total. The molecule has 0 aromatic rings. The summed E-state index contributed by atoms with van der Waals surface area (Å²) in [7, 11) is 5.90. The van der Waals surface area contributed by atoms with Crippen molar-refractivity contribution in [3.05, 3.63) is 0 Å². The van der Waals surface area contributed by atoms with Gasteiger partial charge < -0.3 is 15.5 Å². The fourth-order valence-electron chi connectivity index (χ4n) is 1.83. The predicted octanol–water partition coefficient (Wildman–Crippen LogP) is 0.688. The number of carbonyl (C=O) groups excluding carboxylic acids is 2. The molecule has 18 heavy (non-hydrogen) atoms. The number of unbranched alkanes of at least 4 members (excludes halogenated alkanes) is 2. The van der Waals surface area contributed by atoms with Crippen LogP contribution >= 0.6 is 0 Å². The average Bonchev–Trinajstić information content (AvgIpc) is 2.25. The van der Waals surface area contributed by atoms with Crippen molar-refractivity contribution in [1.82, 2.24) is 9.80 Å². The second kappa shape index (κ2) is 8.91. The van der Waals surface area contributed by atoms with E-state index in [9.17, 15) is 9.59 Å². The predicted molar refractivity (Wildman–Crippen MR) is 73.0 cm³/mol. The Morgan fingerprint density at radius 3 is 2.11 bits per heavy atom. The van der Waals surface area contributed by atoms with Gasteiger partial charge in [0.15, 0.2) is 0 Å². The van der Waals surface area contributed by atoms with Gasteiger partial charge in [-0.15, -0.1) is 0 Å². The molecule has 0 saturated heterocycles. The van der Waals surface area contributed by atoms with Gasteiger partial charge in [-0.2, -0.15) is 0 Å². The highest BCUT2D eigenvalue weighted by atomic mass is 16.2. The normalized spacial score (nSPS) is 12.5. The Labute approximate surface area is 110 Å². The van der Waals surface area contributed by atoms with E-state index in [0.29, 0.717) is 0 Å². The Bertz CT molecular complexity index is 267. The molecule has 0 bridgehead atoms. The van der Waals surface area contributed by atoms with Crippen LogP contribution in [0.5, 0.6) is 0 Å². The van der Waals surface area contributed by atoms with Gasteiger partial charge in [0.05, 0.1) is 0 Å². The highest BCUT2D eigenvalue weighted by molar-refractivity contribution is 5.84. The summed E-state index contributed by atoms with van der Waals surface area (Å²) in [6, 6.07) is 0. The molecule has 2 amide bonds. The molecular formula is C13H27N3O2. The summed E-state index contributed by atoms with van der Waals surface area (Å²) in [6.45, 7) is 3.57. The lowest BCUT2D eigenvalue weighted by molar-refractivity contribution is -0.136. The number of amides is 2. The van der Waals surface area contributed by atoms with E-state index < -0.39 is 5.91 Å². The topological polar surface area (TPSA) is 66.6 Å². The van der Waals surface area contributed by atoms with Gasteiger partial charge in [0.2, 0.25) is 11.8 Å². The van der Waals surface area contributed by atoms with E-state index >= 15 is 0 Å². The number of nitrogens with zero attached hydrogens (tertiary/aromatic N) is 2. The summed E-state index contributed by atoms with van der Waals surface area (Å²) in [4.78, 5) is 26.5. The molecule has 0 spiro atoms. The van der Waals surface area contributed by atoms with Gasteiger partial charge in [-0.1, -0.05) is 13.3 Å². The lowest BCUT2D eigenvalue weighted by Gasteiger charge is -2.20. The fourth-order valence-corrected chi connectivity index (χ4v) is 1.83. The summed E-state index contributed by atoms with van der Waals surface area (Å²) >= 11 is 0. The van der Waals surface area contributed by atoms with E-state index in [1.165, 1.54) is 0 Å². The zero-order valence-corrected chi connectivity index (χ0v) is 12.1. The lowest BCUT2D eigenvalue weighted by Crippen LogP contribution is -2.34. The molecule has 2 N–H and O–H groups in total. The highest BCUT2D eigenvalue weighted by Gasteiger charge is 2.18. The third-order valence-corrected chi connectivity index (χ3v) is 2.90. The maximum Gasteiger partial charge on any atom is 0.225 e. The third kappa shape index (κ3) is 8.06. The molecule has 106 valence electrons. The summed E-state index contributed by atoms with van der Waals surface area (Å²) in [6.07, 6.45) is 3.38. The van der Waals surface area contributed by atoms with Crippen molar-refractivity contribution in [1.29, 1.82) is 0 Å². The molecule has 5 heteroatoms. The highest BCUT2D eigenvalue weighted by Crippen LogP contribution is 2.07. The van der Waals surface area contributed by atoms with Crippen LogP contribution in [-0.2, 0) is 9.59 Å². The molecule has 0 aliphatic heterocycles. The Morgan fingerprint density at radius 2 is 1.61 bits per heavy atom. The second-order valence-corrected chi connectivity index (χ2v) is 5.20. The van der Waals surface area contributed by atoms with E-state index in [1.54, 1.807) is 18.9 Å². The van der Waals surface area contributed by atoms with Gasteiger partial charge in [-0.3, -0.25) is 9.59 Å². The Morgan fingerprint density at radius 1 is 1.06 bits per heavy atom. The smallest absolute Gasteiger partial charge is 0.225 e. The number of carbonyl (C=O) groups is 2. The monoisotopic (exact) mass is 257 g/mol. The van der Waals surface area contributed by atoms with Crippen molar-refractivity contribution in [2.24, 2.45) is 11.7 Å².